The molecule has 0 aliphatic carbocycles. The summed E-state index contributed by atoms with van der Waals surface area (Å²) in [5.74, 6) is -0.464. The third kappa shape index (κ3) is 2.43. The van der Waals surface area contributed by atoms with Crippen molar-refractivity contribution < 1.29 is 4.39 Å². The van der Waals surface area contributed by atoms with Crippen LogP contribution in [0.1, 0.15) is 25.3 Å². The predicted molar refractivity (Wildman–Crippen MR) is 69.4 cm³/mol. The van der Waals surface area contributed by atoms with Gasteiger partial charge in [-0.15, -0.1) is 0 Å². The number of hydrogen-bond acceptors (Lipinski definition) is 2. The van der Waals surface area contributed by atoms with Gasteiger partial charge in [-0.2, -0.15) is 0 Å². The second-order valence-electron chi connectivity index (χ2n) is 4.31. The summed E-state index contributed by atoms with van der Waals surface area (Å²) in [7, 11) is 0. The van der Waals surface area contributed by atoms with E-state index in [1.807, 2.05) is 13.8 Å². The van der Waals surface area contributed by atoms with Crippen LogP contribution in [0.2, 0.25) is 5.02 Å². The first-order valence-corrected chi connectivity index (χ1v) is 5.91. The third-order valence-electron chi connectivity index (χ3n) is 2.60. The lowest BCUT2D eigenvalue weighted by molar-refractivity contribution is 0.628. The van der Waals surface area contributed by atoms with Gasteiger partial charge in [0.1, 0.15) is 5.82 Å². The van der Waals surface area contributed by atoms with E-state index in [0.29, 0.717) is 16.8 Å². The molecule has 0 aliphatic rings. The molecule has 1 heterocycles. The lowest BCUT2D eigenvalue weighted by Gasteiger charge is -2.10. The van der Waals surface area contributed by atoms with E-state index >= 15 is 0 Å². The minimum absolute atomic E-state index is 0.0144. The molecule has 1 N–H and O–H groups in total. The van der Waals surface area contributed by atoms with Crippen LogP contribution in [-0.4, -0.2) is 9.97 Å². The molecule has 0 saturated carbocycles. The summed E-state index contributed by atoms with van der Waals surface area (Å²) in [6.45, 7) is 3.77. The van der Waals surface area contributed by atoms with E-state index in [0.717, 1.165) is 0 Å². The molecule has 0 spiro atoms. The molecule has 2 rings (SSSR count). The Labute approximate surface area is 109 Å². The maximum atomic E-state index is 13.3. The van der Waals surface area contributed by atoms with E-state index in [4.69, 9.17) is 11.6 Å². The zero-order valence-corrected chi connectivity index (χ0v) is 10.8. The van der Waals surface area contributed by atoms with Gasteiger partial charge in [-0.3, -0.25) is 4.79 Å². The number of aromatic nitrogens is 2. The average molecular weight is 267 g/mol. The molecule has 3 nitrogen and oxygen atoms in total. The minimum atomic E-state index is -0.450. The second-order valence-corrected chi connectivity index (χ2v) is 4.74. The van der Waals surface area contributed by atoms with Gasteiger partial charge in [0.15, 0.2) is 0 Å². The fourth-order valence-corrected chi connectivity index (χ4v) is 2.09. The Hall–Kier alpha value is -1.68. The summed E-state index contributed by atoms with van der Waals surface area (Å²) < 4.78 is 13.3. The highest BCUT2D eigenvalue weighted by atomic mass is 35.5. The van der Waals surface area contributed by atoms with Crippen LogP contribution in [-0.2, 0) is 0 Å². The van der Waals surface area contributed by atoms with Crippen LogP contribution >= 0.6 is 11.6 Å². The molecular formula is C13H12ClFN2O. The number of H-pyrrole nitrogens is 1. The highest BCUT2D eigenvalue weighted by molar-refractivity contribution is 6.30. The maximum Gasteiger partial charge on any atom is 0.254 e. The van der Waals surface area contributed by atoms with E-state index in [-0.39, 0.29) is 16.5 Å². The molecule has 0 fully saturated rings. The van der Waals surface area contributed by atoms with Gasteiger partial charge in [0.2, 0.25) is 0 Å². The van der Waals surface area contributed by atoms with Gasteiger partial charge in [0.25, 0.3) is 5.56 Å². The standard InChI is InChI=1S/C13H12ClFN2O/c1-7(2)11-12(16-6-17-13(11)18)8-3-9(14)5-10(15)4-8/h3-7H,1-2H3,(H,16,17,18). The third-order valence-corrected chi connectivity index (χ3v) is 2.82. The molecule has 18 heavy (non-hydrogen) atoms. The van der Waals surface area contributed by atoms with Crippen LogP contribution in [0, 0.1) is 5.82 Å². The van der Waals surface area contributed by atoms with Crippen molar-refractivity contribution in [3.63, 3.8) is 0 Å². The summed E-state index contributed by atoms with van der Waals surface area (Å²) >= 11 is 5.82. The normalized spacial score (nSPS) is 10.9. The van der Waals surface area contributed by atoms with Crippen LogP contribution in [0.15, 0.2) is 29.3 Å². The van der Waals surface area contributed by atoms with E-state index in [1.54, 1.807) is 6.07 Å². The Bertz CT molecular complexity index is 617. The van der Waals surface area contributed by atoms with Gasteiger partial charge in [0, 0.05) is 16.1 Å². The summed E-state index contributed by atoms with van der Waals surface area (Å²) in [4.78, 5) is 18.5. The smallest absolute Gasteiger partial charge is 0.254 e. The van der Waals surface area contributed by atoms with Gasteiger partial charge in [-0.05, 0) is 24.1 Å². The number of benzene rings is 1. The number of rotatable bonds is 2. The quantitative estimate of drug-likeness (QED) is 0.906. The van der Waals surface area contributed by atoms with Crippen LogP contribution in [0.3, 0.4) is 0 Å². The molecule has 0 aliphatic heterocycles. The van der Waals surface area contributed by atoms with Gasteiger partial charge < -0.3 is 4.98 Å². The molecular weight excluding hydrogens is 255 g/mol. The second kappa shape index (κ2) is 4.90. The number of aromatic amines is 1. The van der Waals surface area contributed by atoms with E-state index in [2.05, 4.69) is 9.97 Å². The Balaban J connectivity index is 2.71. The molecule has 0 radical (unpaired) electrons. The fraction of sp³-hybridized carbons (Fsp3) is 0.231. The number of hydrogen-bond donors (Lipinski definition) is 1. The largest absolute Gasteiger partial charge is 0.313 e. The topological polar surface area (TPSA) is 45.8 Å². The lowest BCUT2D eigenvalue weighted by Crippen LogP contribution is -2.16. The van der Waals surface area contributed by atoms with Crippen molar-refractivity contribution in [2.24, 2.45) is 0 Å². The molecule has 2 aromatic rings. The van der Waals surface area contributed by atoms with Gasteiger partial charge in [-0.25, -0.2) is 9.37 Å². The fourth-order valence-electron chi connectivity index (χ4n) is 1.87. The van der Waals surface area contributed by atoms with Crippen molar-refractivity contribution in [1.29, 1.82) is 0 Å². The van der Waals surface area contributed by atoms with Crippen LogP contribution in [0.25, 0.3) is 11.3 Å². The van der Waals surface area contributed by atoms with Crippen molar-refractivity contribution in [1.82, 2.24) is 9.97 Å². The van der Waals surface area contributed by atoms with E-state index < -0.39 is 5.82 Å². The molecule has 0 saturated heterocycles. The number of halogens is 2. The summed E-state index contributed by atoms with van der Waals surface area (Å²) in [5, 5.41) is 0.279. The molecule has 0 atom stereocenters. The van der Waals surface area contributed by atoms with Crippen LogP contribution in [0.5, 0.6) is 0 Å². The van der Waals surface area contributed by atoms with Gasteiger partial charge >= 0.3 is 0 Å². The average Bonchev–Trinajstić information content (AvgIpc) is 2.26. The molecule has 1 aromatic heterocycles. The van der Waals surface area contributed by atoms with Crippen LogP contribution in [0.4, 0.5) is 4.39 Å². The Kier molecular flexibility index (Phi) is 3.48. The van der Waals surface area contributed by atoms with Crippen LogP contribution < -0.4 is 5.56 Å². The zero-order valence-electron chi connectivity index (χ0n) is 10.00. The first kappa shape index (κ1) is 12.8. The van der Waals surface area contributed by atoms with Gasteiger partial charge in [0.05, 0.1) is 12.0 Å². The van der Waals surface area contributed by atoms with Crippen molar-refractivity contribution in [2.45, 2.75) is 19.8 Å². The SMILES string of the molecule is CC(C)c1c(-c2cc(F)cc(Cl)c2)nc[nH]c1=O. The molecule has 0 bridgehead atoms. The Morgan fingerprint density at radius 3 is 2.67 bits per heavy atom. The summed E-state index contributed by atoms with van der Waals surface area (Å²) in [6, 6.07) is 4.13. The lowest BCUT2D eigenvalue weighted by atomic mass is 9.98. The van der Waals surface area contributed by atoms with Crippen molar-refractivity contribution in [2.75, 3.05) is 0 Å². The minimum Gasteiger partial charge on any atom is -0.313 e. The van der Waals surface area contributed by atoms with E-state index in [9.17, 15) is 9.18 Å². The Morgan fingerprint density at radius 2 is 2.06 bits per heavy atom. The molecule has 0 unspecified atom stereocenters. The van der Waals surface area contributed by atoms with Crippen molar-refractivity contribution >= 4 is 11.6 Å². The van der Waals surface area contributed by atoms with E-state index in [1.165, 1.54) is 18.5 Å². The highest BCUT2D eigenvalue weighted by Crippen LogP contribution is 2.27. The van der Waals surface area contributed by atoms with Gasteiger partial charge in [-0.1, -0.05) is 25.4 Å². The highest BCUT2D eigenvalue weighted by Gasteiger charge is 2.15. The molecule has 94 valence electrons. The monoisotopic (exact) mass is 266 g/mol. The number of nitrogens with zero attached hydrogens (tertiary/aromatic N) is 1. The number of nitrogens with one attached hydrogen (secondary N) is 1. The molecule has 5 heteroatoms. The Morgan fingerprint density at radius 1 is 1.33 bits per heavy atom. The zero-order chi connectivity index (χ0) is 13.3. The molecule has 0 amide bonds. The summed E-state index contributed by atoms with van der Waals surface area (Å²) in [5.41, 5.74) is 1.29. The summed E-state index contributed by atoms with van der Waals surface area (Å²) in [6.07, 6.45) is 1.31. The van der Waals surface area contributed by atoms with Crippen molar-refractivity contribution in [3.05, 3.63) is 51.3 Å². The van der Waals surface area contributed by atoms with Crippen molar-refractivity contribution in [3.8, 4) is 11.3 Å². The first-order valence-electron chi connectivity index (χ1n) is 5.53. The first-order chi connectivity index (χ1) is 8.49. The predicted octanol–water partition coefficient (Wildman–Crippen LogP) is 3.35. The maximum absolute atomic E-state index is 13.3. The molecule has 1 aromatic carbocycles.